The molecule has 1 aromatic carbocycles. The van der Waals surface area contributed by atoms with Crippen LogP contribution in [-0.4, -0.2) is 23.3 Å². The second-order valence-corrected chi connectivity index (χ2v) is 6.63. The van der Waals surface area contributed by atoms with Crippen molar-refractivity contribution in [2.45, 2.75) is 38.9 Å². The van der Waals surface area contributed by atoms with Crippen molar-refractivity contribution in [3.63, 3.8) is 0 Å². The van der Waals surface area contributed by atoms with E-state index >= 15 is 0 Å². The fourth-order valence-corrected chi connectivity index (χ4v) is 2.52. The van der Waals surface area contributed by atoms with Crippen LogP contribution in [0.1, 0.15) is 33.3 Å². The summed E-state index contributed by atoms with van der Waals surface area (Å²) >= 11 is 0. The van der Waals surface area contributed by atoms with E-state index < -0.39 is 0 Å². The zero-order chi connectivity index (χ0) is 16.0. The van der Waals surface area contributed by atoms with Gasteiger partial charge in [0, 0.05) is 11.6 Å². The molecule has 3 rings (SSSR count). The van der Waals surface area contributed by atoms with E-state index in [0.29, 0.717) is 5.82 Å². The normalized spacial score (nSPS) is 20.1. The molecule has 1 aliphatic heterocycles. The van der Waals surface area contributed by atoms with Gasteiger partial charge in [-0.1, -0.05) is 36.3 Å². The van der Waals surface area contributed by atoms with Gasteiger partial charge in [0.05, 0.1) is 11.2 Å². The fourth-order valence-electron chi connectivity index (χ4n) is 2.52. The standard InChI is InChI=1S/C17H21BN2O2/c1-16(2)17(3,4)22-18(21-16)10-9-12-11-20-15(19)14-8-6-5-7-13(12)14/h5-11H,1-4H3,(H2,19,20)/b10-9+. The van der Waals surface area contributed by atoms with E-state index in [2.05, 4.69) is 4.98 Å². The molecule has 0 spiro atoms. The van der Waals surface area contributed by atoms with Gasteiger partial charge in [0.15, 0.2) is 0 Å². The second kappa shape index (κ2) is 5.11. The lowest BCUT2D eigenvalue weighted by Gasteiger charge is -2.32. The van der Waals surface area contributed by atoms with Crippen LogP contribution in [0, 0.1) is 0 Å². The summed E-state index contributed by atoms with van der Waals surface area (Å²) in [4.78, 5) is 4.25. The summed E-state index contributed by atoms with van der Waals surface area (Å²) in [6.45, 7) is 8.17. The molecule has 0 aliphatic carbocycles. The van der Waals surface area contributed by atoms with E-state index in [9.17, 15) is 0 Å². The average Bonchev–Trinajstić information content (AvgIpc) is 2.66. The molecule has 0 atom stereocenters. The van der Waals surface area contributed by atoms with Crippen LogP contribution in [0.25, 0.3) is 16.8 Å². The van der Waals surface area contributed by atoms with Gasteiger partial charge < -0.3 is 15.0 Å². The van der Waals surface area contributed by atoms with Crippen molar-refractivity contribution in [2.24, 2.45) is 0 Å². The van der Waals surface area contributed by atoms with Crippen molar-refractivity contribution in [3.8, 4) is 0 Å². The zero-order valence-corrected chi connectivity index (χ0v) is 13.5. The average molecular weight is 296 g/mol. The molecule has 2 N–H and O–H groups in total. The van der Waals surface area contributed by atoms with Crippen molar-refractivity contribution in [2.75, 3.05) is 5.73 Å². The molecule has 4 nitrogen and oxygen atoms in total. The van der Waals surface area contributed by atoms with E-state index in [0.717, 1.165) is 16.3 Å². The summed E-state index contributed by atoms with van der Waals surface area (Å²) in [7, 11) is -0.360. The van der Waals surface area contributed by atoms with Gasteiger partial charge >= 0.3 is 7.12 Å². The number of nitrogens with two attached hydrogens (primary N) is 1. The summed E-state index contributed by atoms with van der Waals surface area (Å²) in [5.74, 6) is 2.47. The minimum Gasteiger partial charge on any atom is -0.400 e. The first-order valence-corrected chi connectivity index (χ1v) is 7.47. The lowest BCUT2D eigenvalue weighted by Crippen LogP contribution is -2.41. The molecule has 1 saturated heterocycles. The third-order valence-electron chi connectivity index (χ3n) is 4.56. The Morgan fingerprint density at radius 3 is 2.27 bits per heavy atom. The third kappa shape index (κ3) is 2.51. The Hall–Kier alpha value is -1.85. The minimum absolute atomic E-state index is 0.330. The topological polar surface area (TPSA) is 57.4 Å². The summed E-state index contributed by atoms with van der Waals surface area (Å²) in [6.07, 6.45) is 3.76. The summed E-state index contributed by atoms with van der Waals surface area (Å²) in [6, 6.07) is 7.97. The van der Waals surface area contributed by atoms with Gasteiger partial charge in [-0.2, -0.15) is 0 Å². The van der Waals surface area contributed by atoms with Crippen molar-refractivity contribution < 1.29 is 9.31 Å². The van der Waals surface area contributed by atoms with Crippen molar-refractivity contribution in [1.29, 1.82) is 0 Å². The first-order chi connectivity index (χ1) is 10.3. The number of benzene rings is 1. The molecule has 0 amide bonds. The maximum atomic E-state index is 5.97. The Balaban J connectivity index is 1.90. The van der Waals surface area contributed by atoms with E-state index in [1.807, 2.05) is 64.0 Å². The van der Waals surface area contributed by atoms with Gasteiger partial charge in [-0.15, -0.1) is 0 Å². The van der Waals surface area contributed by atoms with Crippen LogP contribution in [-0.2, 0) is 9.31 Å². The fraction of sp³-hybridized carbons (Fsp3) is 0.353. The van der Waals surface area contributed by atoms with Gasteiger partial charge in [0.2, 0.25) is 0 Å². The first kappa shape index (κ1) is 15.1. The molecule has 1 fully saturated rings. The molecule has 1 aromatic heterocycles. The van der Waals surface area contributed by atoms with E-state index in [1.165, 1.54) is 0 Å². The van der Waals surface area contributed by atoms with Crippen LogP contribution >= 0.6 is 0 Å². The highest BCUT2D eigenvalue weighted by molar-refractivity contribution is 6.52. The van der Waals surface area contributed by atoms with Gasteiger partial charge in [-0.05, 0) is 38.6 Å². The summed E-state index contributed by atoms with van der Waals surface area (Å²) in [5.41, 5.74) is 6.27. The molecule has 0 saturated carbocycles. The van der Waals surface area contributed by atoms with Crippen molar-refractivity contribution >= 4 is 29.8 Å². The maximum Gasteiger partial charge on any atom is 0.487 e. The van der Waals surface area contributed by atoms with Gasteiger partial charge in [-0.25, -0.2) is 4.98 Å². The largest absolute Gasteiger partial charge is 0.487 e. The molecule has 0 radical (unpaired) electrons. The Kier molecular flexibility index (Phi) is 3.50. The van der Waals surface area contributed by atoms with Crippen LogP contribution in [0.5, 0.6) is 0 Å². The lowest BCUT2D eigenvalue weighted by molar-refractivity contribution is 0.00578. The summed E-state index contributed by atoms with van der Waals surface area (Å²) < 4.78 is 11.9. The van der Waals surface area contributed by atoms with Gasteiger partial charge in [0.25, 0.3) is 0 Å². The number of pyridine rings is 1. The quantitative estimate of drug-likeness (QED) is 0.862. The number of nitrogen functional groups attached to an aromatic ring is 1. The zero-order valence-electron chi connectivity index (χ0n) is 13.5. The highest BCUT2D eigenvalue weighted by Gasteiger charge is 2.49. The number of rotatable bonds is 2. The number of hydrogen-bond donors (Lipinski definition) is 1. The van der Waals surface area contributed by atoms with E-state index in [1.54, 1.807) is 6.20 Å². The highest BCUT2D eigenvalue weighted by Crippen LogP contribution is 2.37. The Labute approximate surface area is 131 Å². The third-order valence-corrected chi connectivity index (χ3v) is 4.56. The van der Waals surface area contributed by atoms with Crippen molar-refractivity contribution in [3.05, 3.63) is 42.0 Å². The molecule has 5 heteroatoms. The van der Waals surface area contributed by atoms with Crippen LogP contribution < -0.4 is 5.73 Å². The number of nitrogens with zero attached hydrogens (tertiary/aromatic N) is 1. The molecule has 22 heavy (non-hydrogen) atoms. The molecule has 2 heterocycles. The molecule has 114 valence electrons. The number of hydrogen-bond acceptors (Lipinski definition) is 4. The monoisotopic (exact) mass is 296 g/mol. The Bertz CT molecular complexity index is 725. The van der Waals surface area contributed by atoms with Crippen LogP contribution in [0.15, 0.2) is 36.4 Å². The van der Waals surface area contributed by atoms with Gasteiger partial charge in [0.1, 0.15) is 5.82 Å². The van der Waals surface area contributed by atoms with Crippen LogP contribution in [0.2, 0.25) is 0 Å². The van der Waals surface area contributed by atoms with E-state index in [4.69, 9.17) is 15.0 Å². The predicted octanol–water partition coefficient (Wildman–Crippen LogP) is 3.46. The smallest absolute Gasteiger partial charge is 0.400 e. The number of fused-ring (bicyclic) bond motifs is 1. The molecule has 1 aliphatic rings. The van der Waals surface area contributed by atoms with E-state index in [-0.39, 0.29) is 18.3 Å². The van der Waals surface area contributed by atoms with Crippen LogP contribution in [0.4, 0.5) is 5.82 Å². The number of aromatic nitrogens is 1. The molecule has 2 aromatic rings. The predicted molar refractivity (Wildman–Crippen MR) is 91.3 cm³/mol. The molecular formula is C17H21BN2O2. The van der Waals surface area contributed by atoms with Gasteiger partial charge in [-0.3, -0.25) is 0 Å². The first-order valence-electron chi connectivity index (χ1n) is 7.47. The maximum absolute atomic E-state index is 5.97. The lowest BCUT2D eigenvalue weighted by atomic mass is 9.89. The SMILES string of the molecule is CC1(C)OB(/C=C/c2cnc(N)c3ccccc23)OC1(C)C. The van der Waals surface area contributed by atoms with Crippen molar-refractivity contribution in [1.82, 2.24) is 4.98 Å². The highest BCUT2D eigenvalue weighted by atomic mass is 16.7. The molecule has 0 bridgehead atoms. The molecule has 0 unspecified atom stereocenters. The number of anilines is 1. The van der Waals surface area contributed by atoms with Crippen LogP contribution in [0.3, 0.4) is 0 Å². The minimum atomic E-state index is -0.360. The Morgan fingerprint density at radius 1 is 1.05 bits per heavy atom. The molecular weight excluding hydrogens is 275 g/mol. The summed E-state index contributed by atoms with van der Waals surface area (Å²) in [5, 5.41) is 2.03. The Morgan fingerprint density at radius 2 is 1.64 bits per heavy atom. The second-order valence-electron chi connectivity index (χ2n) is 6.63.